The highest BCUT2D eigenvalue weighted by molar-refractivity contribution is 5.87. The molecule has 0 saturated heterocycles. The zero-order valence-corrected chi connectivity index (χ0v) is 15.1. The molecule has 0 radical (unpaired) electrons. The Morgan fingerprint density at radius 2 is 1.92 bits per heavy atom. The number of aromatic nitrogens is 1. The highest BCUT2D eigenvalue weighted by Crippen LogP contribution is 2.31. The minimum atomic E-state index is -0.635. The molecule has 4 rings (SSSR count). The molecule has 1 heterocycles. The van der Waals surface area contributed by atoms with Crippen molar-refractivity contribution in [3.8, 4) is 5.75 Å². The summed E-state index contributed by atoms with van der Waals surface area (Å²) >= 11 is 0. The third-order valence-electron chi connectivity index (χ3n) is 5.89. The average Bonchev–Trinajstić information content (AvgIpc) is 3.12. The van der Waals surface area contributed by atoms with Gasteiger partial charge in [-0.05, 0) is 50.7 Å². The van der Waals surface area contributed by atoms with Crippen LogP contribution in [0.4, 0.5) is 0 Å². The van der Waals surface area contributed by atoms with Crippen molar-refractivity contribution in [2.24, 2.45) is 5.73 Å². The third kappa shape index (κ3) is 3.54. The number of nitrogens with one attached hydrogen (secondary N) is 1. The van der Waals surface area contributed by atoms with Crippen molar-refractivity contribution in [3.05, 3.63) is 36.7 Å². The van der Waals surface area contributed by atoms with Crippen LogP contribution in [0.1, 0.15) is 51.4 Å². The summed E-state index contributed by atoms with van der Waals surface area (Å²) in [7, 11) is 0. The number of hydrogen-bond donors (Lipinski definition) is 2. The predicted molar refractivity (Wildman–Crippen MR) is 102 cm³/mol. The molecule has 2 aliphatic rings. The first kappa shape index (κ1) is 17.3. The van der Waals surface area contributed by atoms with Crippen molar-refractivity contribution >= 4 is 16.7 Å². The van der Waals surface area contributed by atoms with Crippen LogP contribution in [0.5, 0.6) is 5.75 Å². The molecule has 0 unspecified atom stereocenters. The van der Waals surface area contributed by atoms with E-state index in [0.717, 1.165) is 67.9 Å². The molecule has 2 aliphatic carbocycles. The molecule has 1 amide bonds. The number of benzene rings is 1. The molecule has 2 fully saturated rings. The van der Waals surface area contributed by atoms with Crippen molar-refractivity contribution in [1.29, 1.82) is 0 Å². The minimum absolute atomic E-state index is 0.0425. The number of fused-ring (bicyclic) bond motifs is 1. The van der Waals surface area contributed by atoms with E-state index >= 15 is 0 Å². The Balaban J connectivity index is 1.33. The predicted octanol–water partition coefficient (Wildman–Crippen LogP) is 3.31. The van der Waals surface area contributed by atoms with Crippen LogP contribution in [0.25, 0.3) is 10.8 Å². The van der Waals surface area contributed by atoms with E-state index in [1.165, 1.54) is 0 Å². The first-order valence-electron chi connectivity index (χ1n) is 9.73. The van der Waals surface area contributed by atoms with E-state index in [1.54, 1.807) is 6.20 Å². The maximum absolute atomic E-state index is 12.5. The van der Waals surface area contributed by atoms with Crippen LogP contribution in [-0.2, 0) is 4.79 Å². The van der Waals surface area contributed by atoms with Crippen LogP contribution in [-0.4, -0.2) is 28.6 Å². The number of pyridine rings is 1. The fourth-order valence-corrected chi connectivity index (χ4v) is 4.26. The molecule has 138 valence electrons. The lowest BCUT2D eigenvalue weighted by Crippen LogP contribution is -2.55. The van der Waals surface area contributed by atoms with Gasteiger partial charge in [-0.25, -0.2) is 0 Å². The van der Waals surface area contributed by atoms with Crippen molar-refractivity contribution in [3.63, 3.8) is 0 Å². The van der Waals surface area contributed by atoms with E-state index < -0.39 is 5.54 Å². The second-order valence-corrected chi connectivity index (χ2v) is 7.78. The summed E-state index contributed by atoms with van der Waals surface area (Å²) in [6, 6.07) is 8.30. The van der Waals surface area contributed by atoms with Crippen LogP contribution in [0.15, 0.2) is 36.7 Å². The Hall–Kier alpha value is -2.14. The minimum Gasteiger partial charge on any atom is -0.490 e. The molecule has 1 aromatic heterocycles. The van der Waals surface area contributed by atoms with E-state index in [9.17, 15) is 4.79 Å². The zero-order valence-electron chi connectivity index (χ0n) is 15.1. The number of ether oxygens (including phenoxy) is 1. The van der Waals surface area contributed by atoms with E-state index in [1.807, 2.05) is 30.5 Å². The monoisotopic (exact) mass is 353 g/mol. The number of hydrogen-bond acceptors (Lipinski definition) is 4. The topological polar surface area (TPSA) is 77.2 Å². The summed E-state index contributed by atoms with van der Waals surface area (Å²) in [6.45, 7) is 0. The van der Waals surface area contributed by atoms with Gasteiger partial charge in [0.05, 0.1) is 11.6 Å². The molecule has 2 aromatic rings. The molecule has 0 aliphatic heterocycles. The molecule has 5 heteroatoms. The van der Waals surface area contributed by atoms with Gasteiger partial charge in [-0.15, -0.1) is 0 Å². The molecule has 0 spiro atoms. The van der Waals surface area contributed by atoms with Gasteiger partial charge in [-0.2, -0.15) is 0 Å². The SMILES string of the molecule is NC1(C(=O)NC2CCC(Oc3cccc4cnccc34)CC2)CCCC1. The first-order valence-corrected chi connectivity index (χ1v) is 9.73. The lowest BCUT2D eigenvalue weighted by Gasteiger charge is -2.32. The van der Waals surface area contributed by atoms with E-state index in [0.29, 0.717) is 0 Å². The van der Waals surface area contributed by atoms with Gasteiger partial charge in [0.1, 0.15) is 5.75 Å². The van der Waals surface area contributed by atoms with Crippen molar-refractivity contribution in [1.82, 2.24) is 10.3 Å². The van der Waals surface area contributed by atoms with Gasteiger partial charge in [0, 0.05) is 29.2 Å². The standard InChI is InChI=1S/C21H27N3O2/c22-21(11-1-2-12-21)20(25)24-16-6-8-17(9-7-16)26-19-5-3-4-15-14-23-13-10-18(15)19/h3-5,10,13-14,16-17H,1-2,6-9,11-12,22H2,(H,24,25). The van der Waals surface area contributed by atoms with Crippen molar-refractivity contribution in [2.75, 3.05) is 0 Å². The normalized spacial score (nSPS) is 25.1. The average molecular weight is 353 g/mol. The summed E-state index contributed by atoms with van der Waals surface area (Å²) in [5, 5.41) is 5.38. The molecular weight excluding hydrogens is 326 g/mol. The van der Waals surface area contributed by atoms with Crippen LogP contribution in [0.2, 0.25) is 0 Å². The second-order valence-electron chi connectivity index (χ2n) is 7.78. The number of carbonyl (C=O) groups excluding carboxylic acids is 1. The highest BCUT2D eigenvalue weighted by atomic mass is 16.5. The maximum Gasteiger partial charge on any atom is 0.240 e. The Bertz CT molecular complexity index is 772. The number of carbonyl (C=O) groups is 1. The fourth-order valence-electron chi connectivity index (χ4n) is 4.26. The Morgan fingerprint density at radius 1 is 1.15 bits per heavy atom. The quantitative estimate of drug-likeness (QED) is 0.884. The highest BCUT2D eigenvalue weighted by Gasteiger charge is 2.38. The Labute approximate surface area is 154 Å². The maximum atomic E-state index is 12.5. The fraction of sp³-hybridized carbons (Fsp3) is 0.524. The number of amides is 1. The number of nitrogens with zero attached hydrogens (tertiary/aromatic N) is 1. The van der Waals surface area contributed by atoms with Gasteiger partial charge in [-0.1, -0.05) is 25.0 Å². The molecular formula is C21H27N3O2. The molecule has 5 nitrogen and oxygen atoms in total. The van der Waals surface area contributed by atoms with Gasteiger partial charge in [0.2, 0.25) is 5.91 Å². The first-order chi connectivity index (χ1) is 12.6. The molecule has 0 bridgehead atoms. The Morgan fingerprint density at radius 3 is 2.69 bits per heavy atom. The summed E-state index contributed by atoms with van der Waals surface area (Å²) in [6.07, 6.45) is 11.4. The van der Waals surface area contributed by atoms with Gasteiger partial charge < -0.3 is 15.8 Å². The molecule has 1 aromatic carbocycles. The lowest BCUT2D eigenvalue weighted by atomic mass is 9.91. The zero-order chi connectivity index (χ0) is 18.0. The third-order valence-corrected chi connectivity index (χ3v) is 5.89. The molecule has 2 saturated carbocycles. The van der Waals surface area contributed by atoms with E-state index in [-0.39, 0.29) is 18.1 Å². The van der Waals surface area contributed by atoms with E-state index in [2.05, 4.69) is 10.3 Å². The van der Waals surface area contributed by atoms with Gasteiger partial charge in [0.25, 0.3) is 0 Å². The lowest BCUT2D eigenvalue weighted by molar-refractivity contribution is -0.127. The summed E-state index contributed by atoms with van der Waals surface area (Å²) < 4.78 is 6.28. The van der Waals surface area contributed by atoms with Gasteiger partial charge in [0.15, 0.2) is 0 Å². The Kier molecular flexibility index (Phi) is 4.81. The molecule has 0 atom stereocenters. The van der Waals surface area contributed by atoms with Gasteiger partial charge >= 0.3 is 0 Å². The van der Waals surface area contributed by atoms with Crippen LogP contribution < -0.4 is 15.8 Å². The number of rotatable bonds is 4. The van der Waals surface area contributed by atoms with Crippen molar-refractivity contribution in [2.45, 2.75) is 69.1 Å². The van der Waals surface area contributed by atoms with Crippen LogP contribution >= 0.6 is 0 Å². The van der Waals surface area contributed by atoms with Crippen LogP contribution in [0, 0.1) is 0 Å². The van der Waals surface area contributed by atoms with Gasteiger partial charge in [-0.3, -0.25) is 9.78 Å². The number of nitrogens with two attached hydrogens (primary N) is 1. The molecule has 3 N–H and O–H groups in total. The smallest absolute Gasteiger partial charge is 0.240 e. The van der Waals surface area contributed by atoms with E-state index in [4.69, 9.17) is 10.5 Å². The van der Waals surface area contributed by atoms with Crippen molar-refractivity contribution < 1.29 is 9.53 Å². The second kappa shape index (κ2) is 7.23. The summed E-state index contributed by atoms with van der Waals surface area (Å²) in [5.41, 5.74) is 5.63. The summed E-state index contributed by atoms with van der Waals surface area (Å²) in [4.78, 5) is 16.7. The molecule has 26 heavy (non-hydrogen) atoms. The van der Waals surface area contributed by atoms with Crippen LogP contribution in [0.3, 0.4) is 0 Å². The summed E-state index contributed by atoms with van der Waals surface area (Å²) in [5.74, 6) is 0.963. The largest absolute Gasteiger partial charge is 0.490 e.